The molecular formula is C33H35FN6O3S. The van der Waals surface area contributed by atoms with Crippen molar-refractivity contribution in [1.29, 1.82) is 0 Å². The standard InChI is InChI=1S/C33H35FN6O3S/c1-22(2)27-9-5-6-10-28(27)40-29(41)20-44-32(40)37-31(42)35-19-7-8-23-11-13-24(14-12-23)30-36-21-39(38-30)25-15-17-26(18-16-25)43-33(3,4)34/h5-6,9-18,21-22H,7-8,19-20H2,1-4H3,(H,35,42)/b37-32-. The number of carbonyl (C=O) groups excluding carboxylic acids is 2. The van der Waals surface area contributed by atoms with E-state index in [-0.39, 0.29) is 17.6 Å². The van der Waals surface area contributed by atoms with Crippen LogP contribution in [0.2, 0.25) is 0 Å². The van der Waals surface area contributed by atoms with Gasteiger partial charge in [0.2, 0.25) is 11.8 Å². The smallest absolute Gasteiger partial charge is 0.343 e. The molecule has 0 spiro atoms. The number of hydrogen-bond donors (Lipinski definition) is 1. The highest BCUT2D eigenvalue weighted by molar-refractivity contribution is 8.15. The zero-order chi connectivity index (χ0) is 31.3. The Morgan fingerprint density at radius 1 is 1.09 bits per heavy atom. The maximum atomic E-state index is 13.7. The number of aliphatic imine (C=N–C) groups is 1. The fraction of sp³-hybridized carbons (Fsp3) is 0.303. The van der Waals surface area contributed by atoms with E-state index in [4.69, 9.17) is 4.74 Å². The number of alkyl halides is 1. The van der Waals surface area contributed by atoms with E-state index in [1.54, 1.807) is 40.2 Å². The molecule has 0 atom stereocenters. The second kappa shape index (κ2) is 13.4. The summed E-state index contributed by atoms with van der Waals surface area (Å²) in [6.45, 7) is 7.31. The van der Waals surface area contributed by atoms with Gasteiger partial charge in [0, 0.05) is 26.0 Å². The third-order valence-electron chi connectivity index (χ3n) is 6.85. The van der Waals surface area contributed by atoms with Gasteiger partial charge in [-0.2, -0.15) is 9.38 Å². The number of carbonyl (C=O) groups is 2. The number of hydrogen-bond acceptors (Lipinski definition) is 6. The predicted molar refractivity (Wildman–Crippen MR) is 172 cm³/mol. The number of nitrogens with one attached hydrogen (secondary N) is 1. The van der Waals surface area contributed by atoms with Crippen LogP contribution in [0.25, 0.3) is 17.1 Å². The van der Waals surface area contributed by atoms with Crippen LogP contribution in [0.15, 0.2) is 84.1 Å². The number of aromatic nitrogens is 3. The summed E-state index contributed by atoms with van der Waals surface area (Å²) in [7, 11) is 0. The van der Waals surface area contributed by atoms with Crippen LogP contribution in [0.4, 0.5) is 14.9 Å². The minimum absolute atomic E-state index is 0.0804. The molecule has 3 amide bonds. The summed E-state index contributed by atoms with van der Waals surface area (Å²) in [5.74, 6) is -0.331. The second-order valence-corrected chi connectivity index (χ2v) is 12.1. The van der Waals surface area contributed by atoms with Crippen molar-refractivity contribution in [3.63, 3.8) is 0 Å². The number of urea groups is 1. The van der Waals surface area contributed by atoms with E-state index in [2.05, 4.69) is 34.2 Å². The first-order valence-corrected chi connectivity index (χ1v) is 15.5. The maximum absolute atomic E-state index is 13.7. The highest BCUT2D eigenvalue weighted by atomic mass is 32.2. The van der Waals surface area contributed by atoms with Gasteiger partial charge < -0.3 is 10.1 Å². The Morgan fingerprint density at radius 3 is 2.52 bits per heavy atom. The molecule has 0 radical (unpaired) electrons. The SMILES string of the molecule is CC(C)c1ccccc1N1C(=O)CS/C1=N\C(=O)NCCCc1ccc(-c2ncn(-c3ccc(OC(C)(C)F)cc3)n2)cc1. The van der Waals surface area contributed by atoms with Crippen molar-refractivity contribution in [3.8, 4) is 22.8 Å². The fourth-order valence-corrected chi connectivity index (χ4v) is 5.62. The van der Waals surface area contributed by atoms with Crippen LogP contribution in [0.3, 0.4) is 0 Å². The van der Waals surface area contributed by atoms with Crippen LogP contribution < -0.4 is 15.0 Å². The number of ether oxygens (including phenoxy) is 1. The highest BCUT2D eigenvalue weighted by Gasteiger charge is 2.32. The molecule has 228 valence electrons. The Kier molecular flexibility index (Phi) is 9.43. The van der Waals surface area contributed by atoms with Gasteiger partial charge in [-0.25, -0.2) is 14.5 Å². The lowest BCUT2D eigenvalue weighted by Gasteiger charge is -2.21. The molecule has 0 bridgehead atoms. The van der Waals surface area contributed by atoms with E-state index < -0.39 is 11.9 Å². The average Bonchev–Trinajstić information content (AvgIpc) is 3.62. The van der Waals surface area contributed by atoms with Crippen LogP contribution in [0.5, 0.6) is 5.75 Å². The molecule has 1 aromatic heterocycles. The van der Waals surface area contributed by atoms with Gasteiger partial charge in [0.1, 0.15) is 12.1 Å². The quantitative estimate of drug-likeness (QED) is 0.195. The van der Waals surface area contributed by atoms with Gasteiger partial charge in [-0.15, -0.1) is 5.10 Å². The number of nitrogens with zero attached hydrogens (tertiary/aromatic N) is 5. The van der Waals surface area contributed by atoms with E-state index >= 15 is 0 Å². The summed E-state index contributed by atoms with van der Waals surface area (Å²) in [6.07, 6.45) is 3.13. The molecule has 4 aromatic rings. The summed E-state index contributed by atoms with van der Waals surface area (Å²) in [4.78, 5) is 35.5. The molecule has 1 N–H and O–H groups in total. The molecule has 0 unspecified atom stereocenters. The molecule has 2 heterocycles. The molecule has 1 saturated heterocycles. The van der Waals surface area contributed by atoms with Crippen LogP contribution in [-0.4, -0.2) is 50.0 Å². The minimum Gasteiger partial charge on any atom is -0.459 e. The van der Waals surface area contributed by atoms with Gasteiger partial charge in [0.25, 0.3) is 0 Å². The number of para-hydroxylation sites is 1. The Balaban J connectivity index is 1.12. The molecule has 3 aromatic carbocycles. The van der Waals surface area contributed by atoms with Crippen LogP contribution >= 0.6 is 11.8 Å². The van der Waals surface area contributed by atoms with Crippen molar-refractivity contribution in [2.45, 2.75) is 52.3 Å². The summed E-state index contributed by atoms with van der Waals surface area (Å²) < 4.78 is 20.6. The molecule has 0 aliphatic carbocycles. The molecule has 1 aliphatic rings. The van der Waals surface area contributed by atoms with Crippen molar-refractivity contribution >= 4 is 34.6 Å². The Hall–Kier alpha value is -4.51. The van der Waals surface area contributed by atoms with Gasteiger partial charge in [0.05, 0.1) is 17.1 Å². The maximum Gasteiger partial charge on any atom is 0.343 e. The molecular weight excluding hydrogens is 579 g/mol. The lowest BCUT2D eigenvalue weighted by atomic mass is 10.0. The molecule has 44 heavy (non-hydrogen) atoms. The number of benzene rings is 3. The first-order chi connectivity index (χ1) is 21.1. The number of amidine groups is 1. The Bertz CT molecular complexity index is 1650. The van der Waals surface area contributed by atoms with Crippen molar-refractivity contribution in [2.24, 2.45) is 4.99 Å². The lowest BCUT2D eigenvalue weighted by Crippen LogP contribution is -2.32. The van der Waals surface area contributed by atoms with Crippen LogP contribution in [0, 0.1) is 0 Å². The van der Waals surface area contributed by atoms with E-state index in [9.17, 15) is 14.0 Å². The number of anilines is 1. The molecule has 1 fully saturated rings. The van der Waals surface area contributed by atoms with Crippen molar-refractivity contribution in [2.75, 3.05) is 17.2 Å². The first-order valence-electron chi connectivity index (χ1n) is 14.5. The van der Waals surface area contributed by atoms with Crippen LogP contribution in [-0.2, 0) is 11.2 Å². The number of halogens is 1. The van der Waals surface area contributed by atoms with Crippen molar-refractivity contribution in [1.82, 2.24) is 20.1 Å². The van der Waals surface area contributed by atoms with E-state index in [0.29, 0.717) is 23.3 Å². The monoisotopic (exact) mass is 614 g/mol. The van der Waals surface area contributed by atoms with Crippen molar-refractivity contribution < 1.29 is 18.7 Å². The molecule has 11 heteroatoms. The lowest BCUT2D eigenvalue weighted by molar-refractivity contribution is -0.115. The molecule has 0 saturated carbocycles. The first kappa shape index (κ1) is 30.9. The van der Waals surface area contributed by atoms with Gasteiger partial charge in [-0.3, -0.25) is 9.69 Å². The zero-order valence-corrected chi connectivity index (χ0v) is 26.0. The number of rotatable bonds is 10. The zero-order valence-electron chi connectivity index (χ0n) is 25.2. The number of aryl methyl sites for hydroxylation is 1. The van der Waals surface area contributed by atoms with Gasteiger partial charge >= 0.3 is 6.03 Å². The van der Waals surface area contributed by atoms with E-state index in [1.807, 2.05) is 48.5 Å². The van der Waals surface area contributed by atoms with E-state index in [0.717, 1.165) is 40.9 Å². The van der Waals surface area contributed by atoms with Crippen molar-refractivity contribution in [3.05, 3.63) is 90.3 Å². The van der Waals surface area contributed by atoms with Gasteiger partial charge in [-0.05, 0) is 60.2 Å². The third kappa shape index (κ3) is 7.71. The topological polar surface area (TPSA) is 102 Å². The number of thioether (sulfide) groups is 1. The number of amides is 3. The minimum atomic E-state index is -1.75. The largest absolute Gasteiger partial charge is 0.459 e. The second-order valence-electron chi connectivity index (χ2n) is 11.1. The molecule has 1 aliphatic heterocycles. The van der Waals surface area contributed by atoms with Crippen LogP contribution in [0.1, 0.15) is 51.2 Å². The van der Waals surface area contributed by atoms with Gasteiger partial charge in [0.15, 0.2) is 11.0 Å². The summed E-state index contributed by atoms with van der Waals surface area (Å²) >= 11 is 1.28. The highest BCUT2D eigenvalue weighted by Crippen LogP contribution is 2.33. The summed E-state index contributed by atoms with van der Waals surface area (Å²) in [6, 6.07) is 22.2. The molecule has 5 rings (SSSR count). The van der Waals surface area contributed by atoms with Gasteiger partial charge in [-0.1, -0.05) is 68.1 Å². The Labute approximate surface area is 260 Å². The predicted octanol–water partition coefficient (Wildman–Crippen LogP) is 6.92. The normalized spacial score (nSPS) is 14.5. The summed E-state index contributed by atoms with van der Waals surface area (Å²) in [5.41, 5.74) is 4.59. The molecule has 9 nitrogen and oxygen atoms in total. The summed E-state index contributed by atoms with van der Waals surface area (Å²) in [5, 5.41) is 7.82. The fourth-order valence-electron chi connectivity index (χ4n) is 4.76. The Morgan fingerprint density at radius 2 is 1.82 bits per heavy atom. The van der Waals surface area contributed by atoms with E-state index in [1.165, 1.54) is 25.6 Å². The third-order valence-corrected chi connectivity index (χ3v) is 7.77. The average molecular weight is 615 g/mol.